The Kier molecular flexibility index (Phi) is 6.88. The number of carbonyl (C=O) groups is 2. The van der Waals surface area contributed by atoms with Gasteiger partial charge in [-0.1, -0.05) is 13.8 Å². The minimum absolute atomic E-state index is 0.221. The van der Waals surface area contributed by atoms with E-state index in [1.165, 1.54) is 12.0 Å². The summed E-state index contributed by atoms with van der Waals surface area (Å²) in [5.74, 6) is -0.0114. The molecule has 0 saturated heterocycles. The molecule has 0 atom stereocenters. The van der Waals surface area contributed by atoms with Crippen LogP contribution >= 0.6 is 0 Å². The lowest BCUT2D eigenvalue weighted by molar-refractivity contribution is -0.138. The smallest absolute Gasteiger partial charge is 0.323 e. The number of benzene rings is 1. The number of hydrogen-bond acceptors (Lipinski definition) is 4. The number of aliphatic carboxylic acids is 1. The summed E-state index contributed by atoms with van der Waals surface area (Å²) in [6.07, 6.45) is 0. The van der Waals surface area contributed by atoms with Crippen LogP contribution in [-0.2, 0) is 4.79 Å². The van der Waals surface area contributed by atoms with Crippen LogP contribution in [0.1, 0.15) is 38.1 Å². The van der Waals surface area contributed by atoms with Crippen molar-refractivity contribution in [3.8, 4) is 11.5 Å². The van der Waals surface area contributed by atoms with Gasteiger partial charge in [0.2, 0.25) is 0 Å². The van der Waals surface area contributed by atoms with Crippen LogP contribution in [0.3, 0.4) is 0 Å². The molecule has 1 rings (SSSR count). The number of carboxylic acids is 1. The van der Waals surface area contributed by atoms with Crippen molar-refractivity contribution in [2.75, 3.05) is 20.3 Å². The standard InChI is InChI=1S/C17H25NO5/c1-11(2)10-23-14-7-6-13(8-15(14)22-5)17(21)18(12(3)4)9-16(19)20/h6-8,11-12H,9-10H2,1-5H3,(H,19,20). The molecule has 0 aliphatic rings. The molecule has 0 unspecified atom stereocenters. The number of nitrogens with zero attached hydrogens (tertiary/aromatic N) is 1. The van der Waals surface area contributed by atoms with Gasteiger partial charge >= 0.3 is 5.97 Å². The first-order chi connectivity index (χ1) is 10.8. The highest BCUT2D eigenvalue weighted by molar-refractivity contribution is 5.96. The average Bonchev–Trinajstić information content (AvgIpc) is 2.49. The zero-order chi connectivity index (χ0) is 17.6. The second kappa shape index (κ2) is 8.41. The summed E-state index contributed by atoms with van der Waals surface area (Å²) in [5, 5.41) is 8.96. The maximum atomic E-state index is 12.5. The molecule has 0 saturated carbocycles. The zero-order valence-electron chi connectivity index (χ0n) is 14.3. The van der Waals surface area contributed by atoms with Crippen LogP contribution in [0.4, 0.5) is 0 Å². The second-order valence-electron chi connectivity index (χ2n) is 5.99. The minimum Gasteiger partial charge on any atom is -0.493 e. The maximum Gasteiger partial charge on any atom is 0.323 e. The van der Waals surface area contributed by atoms with Gasteiger partial charge < -0.3 is 19.5 Å². The fourth-order valence-electron chi connectivity index (χ4n) is 1.98. The van der Waals surface area contributed by atoms with E-state index in [1.54, 1.807) is 32.0 Å². The van der Waals surface area contributed by atoms with Crippen LogP contribution < -0.4 is 9.47 Å². The number of methoxy groups -OCH3 is 1. The molecule has 0 aromatic heterocycles. The third-order valence-electron chi connectivity index (χ3n) is 3.17. The minimum atomic E-state index is -1.05. The zero-order valence-corrected chi connectivity index (χ0v) is 14.3. The Balaban J connectivity index is 3.03. The molecular formula is C17H25NO5. The number of rotatable bonds is 8. The molecule has 6 nitrogen and oxygen atoms in total. The van der Waals surface area contributed by atoms with Gasteiger partial charge in [-0.2, -0.15) is 0 Å². The van der Waals surface area contributed by atoms with Crippen molar-refractivity contribution in [3.05, 3.63) is 23.8 Å². The molecular weight excluding hydrogens is 298 g/mol. The van der Waals surface area contributed by atoms with E-state index in [0.29, 0.717) is 29.6 Å². The van der Waals surface area contributed by atoms with Crippen molar-refractivity contribution in [3.63, 3.8) is 0 Å². The number of carboxylic acid groups (broad SMARTS) is 1. The summed E-state index contributed by atoms with van der Waals surface area (Å²) in [6.45, 7) is 7.83. The fourth-order valence-corrected chi connectivity index (χ4v) is 1.98. The van der Waals surface area contributed by atoms with E-state index >= 15 is 0 Å². The predicted octanol–water partition coefficient (Wildman–Crippen LogP) is 2.67. The molecule has 1 aromatic carbocycles. The Bertz CT molecular complexity index is 554. The van der Waals surface area contributed by atoms with E-state index in [0.717, 1.165) is 0 Å². The summed E-state index contributed by atoms with van der Waals surface area (Å²) < 4.78 is 10.9. The molecule has 0 spiro atoms. The van der Waals surface area contributed by atoms with E-state index in [-0.39, 0.29) is 18.5 Å². The molecule has 1 N–H and O–H groups in total. The van der Waals surface area contributed by atoms with Crippen LogP contribution in [0.2, 0.25) is 0 Å². The topological polar surface area (TPSA) is 76.1 Å². The monoisotopic (exact) mass is 323 g/mol. The summed E-state index contributed by atoms with van der Waals surface area (Å²) in [5.41, 5.74) is 0.369. The number of hydrogen-bond donors (Lipinski definition) is 1. The van der Waals surface area contributed by atoms with Crippen LogP contribution in [0.15, 0.2) is 18.2 Å². The van der Waals surface area contributed by atoms with Crippen molar-refractivity contribution in [2.24, 2.45) is 5.92 Å². The summed E-state index contributed by atoms with van der Waals surface area (Å²) in [6, 6.07) is 4.65. The Morgan fingerprint density at radius 3 is 2.30 bits per heavy atom. The Morgan fingerprint density at radius 1 is 1.17 bits per heavy atom. The lowest BCUT2D eigenvalue weighted by atomic mass is 10.1. The maximum absolute atomic E-state index is 12.5. The molecule has 1 amide bonds. The summed E-state index contributed by atoms with van der Waals surface area (Å²) in [4.78, 5) is 24.8. The van der Waals surface area contributed by atoms with Crippen molar-refractivity contribution in [2.45, 2.75) is 33.7 Å². The normalized spacial score (nSPS) is 10.7. The number of carbonyl (C=O) groups excluding carboxylic acids is 1. The van der Waals surface area contributed by atoms with Crippen molar-refractivity contribution in [1.82, 2.24) is 4.90 Å². The van der Waals surface area contributed by atoms with Gasteiger partial charge in [-0.25, -0.2) is 0 Å². The quantitative estimate of drug-likeness (QED) is 0.796. The van der Waals surface area contributed by atoms with E-state index in [2.05, 4.69) is 0 Å². The van der Waals surface area contributed by atoms with E-state index in [1.807, 2.05) is 13.8 Å². The largest absolute Gasteiger partial charge is 0.493 e. The highest BCUT2D eigenvalue weighted by atomic mass is 16.5. The van der Waals surface area contributed by atoms with Crippen LogP contribution in [0.25, 0.3) is 0 Å². The van der Waals surface area contributed by atoms with Gasteiger partial charge in [-0.3, -0.25) is 9.59 Å². The SMILES string of the molecule is COc1cc(C(=O)N(CC(=O)O)C(C)C)ccc1OCC(C)C. The van der Waals surface area contributed by atoms with Gasteiger partial charge in [-0.15, -0.1) is 0 Å². The third-order valence-corrected chi connectivity index (χ3v) is 3.17. The highest BCUT2D eigenvalue weighted by Gasteiger charge is 2.22. The lowest BCUT2D eigenvalue weighted by Gasteiger charge is -2.25. The second-order valence-corrected chi connectivity index (χ2v) is 5.99. The van der Waals surface area contributed by atoms with Gasteiger partial charge in [0.25, 0.3) is 5.91 Å². The van der Waals surface area contributed by atoms with Crippen LogP contribution in [-0.4, -0.2) is 48.2 Å². The Hall–Kier alpha value is -2.24. The molecule has 0 radical (unpaired) electrons. The van der Waals surface area contributed by atoms with Crippen molar-refractivity contribution < 1.29 is 24.2 Å². The molecule has 0 aliphatic carbocycles. The Labute approximate surface area is 137 Å². The molecule has 0 bridgehead atoms. The fraction of sp³-hybridized carbons (Fsp3) is 0.529. The van der Waals surface area contributed by atoms with Crippen LogP contribution in [0.5, 0.6) is 11.5 Å². The highest BCUT2D eigenvalue weighted by Crippen LogP contribution is 2.29. The first-order valence-corrected chi connectivity index (χ1v) is 7.59. The summed E-state index contributed by atoms with van der Waals surface area (Å²) in [7, 11) is 1.50. The first-order valence-electron chi connectivity index (χ1n) is 7.59. The van der Waals surface area contributed by atoms with Crippen molar-refractivity contribution >= 4 is 11.9 Å². The first kappa shape index (κ1) is 18.8. The van der Waals surface area contributed by atoms with Gasteiger partial charge in [0.1, 0.15) is 6.54 Å². The average molecular weight is 323 g/mol. The Morgan fingerprint density at radius 2 is 1.83 bits per heavy atom. The lowest BCUT2D eigenvalue weighted by Crippen LogP contribution is -2.40. The van der Waals surface area contributed by atoms with Gasteiger partial charge in [0.05, 0.1) is 13.7 Å². The number of ether oxygens (including phenoxy) is 2. The molecule has 6 heteroatoms. The van der Waals surface area contributed by atoms with Gasteiger partial charge in [0, 0.05) is 11.6 Å². The van der Waals surface area contributed by atoms with E-state index in [9.17, 15) is 9.59 Å². The predicted molar refractivity (Wildman–Crippen MR) is 87.1 cm³/mol. The van der Waals surface area contributed by atoms with Crippen molar-refractivity contribution in [1.29, 1.82) is 0 Å². The molecule has 1 aromatic rings. The van der Waals surface area contributed by atoms with E-state index < -0.39 is 5.97 Å². The van der Waals surface area contributed by atoms with Gasteiger partial charge in [0.15, 0.2) is 11.5 Å². The molecule has 23 heavy (non-hydrogen) atoms. The van der Waals surface area contributed by atoms with Crippen LogP contribution in [0, 0.1) is 5.92 Å². The number of amides is 1. The molecule has 0 aliphatic heterocycles. The van der Waals surface area contributed by atoms with Gasteiger partial charge in [-0.05, 0) is 38.0 Å². The molecule has 0 heterocycles. The molecule has 0 fully saturated rings. The third kappa shape index (κ3) is 5.47. The summed E-state index contributed by atoms with van der Waals surface area (Å²) >= 11 is 0. The van der Waals surface area contributed by atoms with E-state index in [4.69, 9.17) is 14.6 Å². The molecule has 128 valence electrons.